The molecule has 5 heteroatoms. The van der Waals surface area contributed by atoms with Crippen molar-refractivity contribution in [2.75, 3.05) is 30.4 Å². The molecule has 1 aromatic carbocycles. The van der Waals surface area contributed by atoms with E-state index in [0.717, 1.165) is 18.7 Å². The monoisotopic (exact) mass is 277 g/mol. The second-order valence-electron chi connectivity index (χ2n) is 5.67. The lowest BCUT2D eigenvalue weighted by atomic mass is 10.0. The first-order valence-electron chi connectivity index (χ1n) is 7.01. The smallest absolute Gasteiger partial charge is 0.319 e. The molecule has 1 aliphatic rings. The van der Waals surface area contributed by atoms with Crippen LogP contribution in [0.2, 0.25) is 0 Å². The minimum atomic E-state index is -0.586. The van der Waals surface area contributed by atoms with Gasteiger partial charge in [-0.05, 0) is 37.5 Å². The molecule has 1 heterocycles. The lowest BCUT2D eigenvalue weighted by molar-refractivity contribution is 0.172. The van der Waals surface area contributed by atoms with Crippen molar-refractivity contribution in [3.63, 3.8) is 0 Å². The highest BCUT2D eigenvalue weighted by Gasteiger charge is 2.23. The van der Waals surface area contributed by atoms with E-state index in [9.17, 15) is 9.90 Å². The zero-order chi connectivity index (χ0) is 14.8. The van der Waals surface area contributed by atoms with Gasteiger partial charge in [-0.1, -0.05) is 13.0 Å². The average Bonchev–Trinajstić information content (AvgIpc) is 2.80. The fourth-order valence-electron chi connectivity index (χ4n) is 2.29. The number of carbonyl (C=O) groups excluding carboxylic acids is 1. The summed E-state index contributed by atoms with van der Waals surface area (Å²) in [6.07, 6.45) is 1.72. The number of amides is 2. The van der Waals surface area contributed by atoms with Crippen LogP contribution in [0.4, 0.5) is 16.2 Å². The van der Waals surface area contributed by atoms with Gasteiger partial charge in [-0.2, -0.15) is 0 Å². The number of aliphatic hydroxyl groups is 1. The molecule has 1 unspecified atom stereocenters. The zero-order valence-electron chi connectivity index (χ0n) is 12.4. The summed E-state index contributed by atoms with van der Waals surface area (Å²) in [5.74, 6) is 0. The van der Waals surface area contributed by atoms with Crippen molar-refractivity contribution in [2.24, 2.45) is 0 Å². The maximum Gasteiger partial charge on any atom is 0.319 e. The van der Waals surface area contributed by atoms with E-state index in [1.165, 1.54) is 11.3 Å². The highest BCUT2D eigenvalue weighted by molar-refractivity contribution is 5.90. The van der Waals surface area contributed by atoms with Crippen LogP contribution in [0.1, 0.15) is 25.8 Å². The molecule has 20 heavy (non-hydrogen) atoms. The number of nitrogens with zero attached hydrogens (tertiary/aromatic N) is 1. The first-order valence-corrected chi connectivity index (χ1v) is 7.01. The van der Waals surface area contributed by atoms with Crippen molar-refractivity contribution in [3.05, 3.63) is 23.8 Å². The molecule has 0 radical (unpaired) electrons. The number of anilines is 2. The van der Waals surface area contributed by atoms with E-state index in [-0.39, 0.29) is 12.6 Å². The Bertz CT molecular complexity index is 498. The van der Waals surface area contributed by atoms with Crippen LogP contribution >= 0.6 is 0 Å². The van der Waals surface area contributed by atoms with Gasteiger partial charge in [0, 0.05) is 25.0 Å². The van der Waals surface area contributed by atoms with Crippen molar-refractivity contribution in [1.82, 2.24) is 5.32 Å². The summed E-state index contributed by atoms with van der Waals surface area (Å²) < 4.78 is 0. The Morgan fingerprint density at radius 2 is 2.25 bits per heavy atom. The Morgan fingerprint density at radius 1 is 1.50 bits per heavy atom. The molecule has 0 aliphatic carbocycles. The summed E-state index contributed by atoms with van der Waals surface area (Å²) in [5.41, 5.74) is 2.67. The molecule has 0 bridgehead atoms. The van der Waals surface area contributed by atoms with Gasteiger partial charge in [-0.15, -0.1) is 0 Å². The molecule has 0 aromatic heterocycles. The third-order valence-corrected chi connectivity index (χ3v) is 4.02. The number of nitrogens with one attached hydrogen (secondary N) is 2. The van der Waals surface area contributed by atoms with Crippen LogP contribution in [0.5, 0.6) is 0 Å². The van der Waals surface area contributed by atoms with E-state index in [1.54, 1.807) is 0 Å². The van der Waals surface area contributed by atoms with E-state index >= 15 is 0 Å². The molecular formula is C15H23N3O2. The van der Waals surface area contributed by atoms with Crippen LogP contribution in [0.3, 0.4) is 0 Å². The van der Waals surface area contributed by atoms with E-state index in [4.69, 9.17) is 0 Å². The average molecular weight is 277 g/mol. The molecule has 1 aliphatic heterocycles. The summed E-state index contributed by atoms with van der Waals surface area (Å²) in [6, 6.07) is 5.67. The second kappa shape index (κ2) is 5.71. The van der Waals surface area contributed by atoms with Crippen LogP contribution in [0, 0.1) is 0 Å². The van der Waals surface area contributed by atoms with Gasteiger partial charge < -0.3 is 20.6 Å². The third-order valence-electron chi connectivity index (χ3n) is 4.02. The lowest BCUT2D eigenvalue weighted by Crippen LogP contribution is -2.50. The minimum absolute atomic E-state index is 0.0795. The Morgan fingerprint density at radius 3 is 2.90 bits per heavy atom. The van der Waals surface area contributed by atoms with Gasteiger partial charge in [-0.25, -0.2) is 4.79 Å². The van der Waals surface area contributed by atoms with E-state index in [1.807, 2.05) is 26.0 Å². The Balaban J connectivity index is 2.04. The Kier molecular flexibility index (Phi) is 4.18. The largest absolute Gasteiger partial charge is 0.394 e. The number of rotatable bonds is 4. The van der Waals surface area contributed by atoms with Gasteiger partial charge in [0.25, 0.3) is 0 Å². The fraction of sp³-hybridized carbons (Fsp3) is 0.533. The molecular weight excluding hydrogens is 254 g/mol. The first-order chi connectivity index (χ1) is 9.47. The van der Waals surface area contributed by atoms with E-state index < -0.39 is 5.54 Å². The Labute approximate surface area is 120 Å². The first kappa shape index (κ1) is 14.7. The molecule has 0 saturated heterocycles. The molecule has 0 fully saturated rings. The highest BCUT2D eigenvalue weighted by Crippen LogP contribution is 2.29. The van der Waals surface area contributed by atoms with Gasteiger partial charge in [0.05, 0.1) is 12.1 Å². The van der Waals surface area contributed by atoms with Gasteiger partial charge >= 0.3 is 6.03 Å². The molecule has 2 amide bonds. The number of hydrogen-bond acceptors (Lipinski definition) is 3. The number of likely N-dealkylation sites (N-methyl/N-ethyl adjacent to an activating group) is 1. The van der Waals surface area contributed by atoms with Gasteiger partial charge in [-0.3, -0.25) is 0 Å². The molecule has 0 spiro atoms. The number of urea groups is 1. The van der Waals surface area contributed by atoms with Gasteiger partial charge in [0.1, 0.15) is 0 Å². The SMILES string of the molecule is CCC(C)(CO)NC(=O)Nc1ccc2c(c1)N(C)CC2. The second-order valence-corrected chi connectivity index (χ2v) is 5.67. The van der Waals surface area contributed by atoms with Crippen LogP contribution in [0.15, 0.2) is 18.2 Å². The van der Waals surface area contributed by atoms with Gasteiger partial charge in [0.15, 0.2) is 0 Å². The van der Waals surface area contributed by atoms with E-state index in [0.29, 0.717) is 6.42 Å². The maximum absolute atomic E-state index is 12.0. The third kappa shape index (κ3) is 3.04. The molecule has 3 N–H and O–H groups in total. The summed E-state index contributed by atoms with van der Waals surface area (Å²) in [5, 5.41) is 14.9. The van der Waals surface area contributed by atoms with Crippen LogP contribution in [-0.2, 0) is 6.42 Å². The minimum Gasteiger partial charge on any atom is -0.394 e. The van der Waals surface area contributed by atoms with Crippen molar-refractivity contribution in [3.8, 4) is 0 Å². The van der Waals surface area contributed by atoms with Crippen molar-refractivity contribution < 1.29 is 9.90 Å². The number of hydrogen-bond donors (Lipinski definition) is 3. The topological polar surface area (TPSA) is 64.6 Å². The summed E-state index contributed by atoms with van der Waals surface area (Å²) in [6.45, 7) is 4.69. The highest BCUT2D eigenvalue weighted by atomic mass is 16.3. The normalized spacial score (nSPS) is 16.5. The van der Waals surface area contributed by atoms with E-state index in [2.05, 4.69) is 28.6 Å². The number of carbonyl (C=O) groups is 1. The number of aliphatic hydroxyl groups excluding tert-OH is 1. The van der Waals surface area contributed by atoms with Crippen molar-refractivity contribution in [1.29, 1.82) is 0 Å². The summed E-state index contributed by atoms with van der Waals surface area (Å²) in [7, 11) is 2.05. The molecule has 2 rings (SSSR count). The lowest BCUT2D eigenvalue weighted by Gasteiger charge is -2.27. The predicted octanol–water partition coefficient (Wildman–Crippen LogP) is 1.96. The zero-order valence-corrected chi connectivity index (χ0v) is 12.4. The number of benzene rings is 1. The van der Waals surface area contributed by atoms with Gasteiger partial charge in [0.2, 0.25) is 0 Å². The fourth-order valence-corrected chi connectivity index (χ4v) is 2.29. The molecule has 5 nitrogen and oxygen atoms in total. The number of fused-ring (bicyclic) bond motifs is 1. The van der Waals surface area contributed by atoms with Crippen LogP contribution < -0.4 is 15.5 Å². The molecule has 0 saturated carbocycles. The van der Waals surface area contributed by atoms with Crippen LogP contribution in [0.25, 0.3) is 0 Å². The molecule has 110 valence electrons. The molecule has 1 atom stereocenters. The van der Waals surface area contributed by atoms with Crippen LogP contribution in [-0.4, -0.2) is 36.9 Å². The summed E-state index contributed by atoms with van der Waals surface area (Å²) >= 11 is 0. The quantitative estimate of drug-likeness (QED) is 0.788. The predicted molar refractivity (Wildman–Crippen MR) is 81.4 cm³/mol. The van der Waals surface area contributed by atoms with Crippen molar-refractivity contribution >= 4 is 17.4 Å². The Hall–Kier alpha value is -1.75. The molecule has 1 aromatic rings. The summed E-state index contributed by atoms with van der Waals surface area (Å²) in [4.78, 5) is 14.2. The maximum atomic E-state index is 12.0. The standard InChI is InChI=1S/C15H23N3O2/c1-4-15(2,10-19)17-14(20)16-12-6-5-11-7-8-18(3)13(11)9-12/h5-6,9,19H,4,7-8,10H2,1-3H3,(H2,16,17,20). The van der Waals surface area contributed by atoms with Crippen molar-refractivity contribution in [2.45, 2.75) is 32.2 Å².